The molecular formula is C15H22O3. The van der Waals surface area contributed by atoms with Gasteiger partial charge in [0.25, 0.3) is 0 Å². The smallest absolute Gasteiger partial charge is 0.334 e. The maximum atomic E-state index is 11.2. The van der Waals surface area contributed by atoms with Crippen LogP contribution in [0.4, 0.5) is 0 Å². The molecule has 0 fully saturated rings. The number of aliphatic hydroxyl groups is 1. The monoisotopic (exact) mass is 250 g/mol. The summed E-state index contributed by atoms with van der Waals surface area (Å²) in [5.74, 6) is -0.301. The van der Waals surface area contributed by atoms with Gasteiger partial charge in [0.2, 0.25) is 0 Å². The lowest BCUT2D eigenvalue weighted by Gasteiger charge is -2.07. The van der Waals surface area contributed by atoms with E-state index in [0.717, 1.165) is 18.4 Å². The zero-order valence-corrected chi connectivity index (χ0v) is 11.4. The fraction of sp³-hybridized carbons (Fsp3) is 0.533. The Morgan fingerprint density at radius 2 is 2.22 bits per heavy atom. The molecule has 1 aliphatic rings. The summed E-state index contributed by atoms with van der Waals surface area (Å²) in [6.45, 7) is 6.49. The number of ether oxygens (including phenoxy) is 1. The molecule has 1 atom stereocenters. The van der Waals surface area contributed by atoms with E-state index in [2.05, 4.69) is 19.9 Å². The van der Waals surface area contributed by atoms with Gasteiger partial charge < -0.3 is 9.84 Å². The van der Waals surface area contributed by atoms with Crippen molar-refractivity contribution in [2.24, 2.45) is 0 Å². The molecule has 0 amide bonds. The summed E-state index contributed by atoms with van der Waals surface area (Å²) in [6, 6.07) is 0. The van der Waals surface area contributed by atoms with E-state index in [9.17, 15) is 9.90 Å². The van der Waals surface area contributed by atoms with E-state index in [-0.39, 0.29) is 5.97 Å². The molecule has 0 bridgehead atoms. The second kappa shape index (κ2) is 7.17. The first-order chi connectivity index (χ1) is 8.49. The Morgan fingerprint density at radius 3 is 2.78 bits per heavy atom. The summed E-state index contributed by atoms with van der Waals surface area (Å²) in [5, 5.41) is 9.87. The minimum atomic E-state index is -0.603. The molecule has 0 radical (unpaired) electrons. The molecule has 0 saturated carbocycles. The van der Waals surface area contributed by atoms with Gasteiger partial charge in [-0.3, -0.25) is 0 Å². The lowest BCUT2D eigenvalue weighted by atomic mass is 10.0. The van der Waals surface area contributed by atoms with Crippen molar-refractivity contribution in [1.82, 2.24) is 0 Å². The number of rotatable bonds is 6. The molecule has 0 aliphatic carbocycles. The van der Waals surface area contributed by atoms with E-state index in [4.69, 9.17) is 4.74 Å². The fourth-order valence-electron chi connectivity index (χ4n) is 1.85. The molecule has 1 aliphatic heterocycles. The van der Waals surface area contributed by atoms with E-state index in [1.165, 1.54) is 5.57 Å². The third kappa shape index (κ3) is 5.32. The molecule has 1 unspecified atom stereocenters. The Labute approximate surface area is 109 Å². The van der Waals surface area contributed by atoms with Gasteiger partial charge in [-0.05, 0) is 39.7 Å². The molecule has 0 saturated heterocycles. The number of esters is 1. The van der Waals surface area contributed by atoms with Crippen molar-refractivity contribution in [2.75, 3.05) is 6.61 Å². The molecule has 0 spiro atoms. The van der Waals surface area contributed by atoms with Crippen molar-refractivity contribution >= 4 is 5.97 Å². The molecule has 1 N–H and O–H groups in total. The Balaban J connectivity index is 2.40. The fourth-order valence-corrected chi connectivity index (χ4v) is 1.85. The largest absolute Gasteiger partial charge is 0.458 e. The maximum Gasteiger partial charge on any atom is 0.334 e. The minimum Gasteiger partial charge on any atom is -0.458 e. The van der Waals surface area contributed by atoms with Gasteiger partial charge in [0.15, 0.2) is 0 Å². The van der Waals surface area contributed by atoms with Crippen LogP contribution in [0.5, 0.6) is 0 Å². The minimum absolute atomic E-state index is 0.301. The van der Waals surface area contributed by atoms with Crippen LogP contribution in [-0.4, -0.2) is 23.8 Å². The average molecular weight is 250 g/mol. The summed E-state index contributed by atoms with van der Waals surface area (Å²) < 4.78 is 4.79. The first-order valence-corrected chi connectivity index (χ1v) is 6.34. The summed E-state index contributed by atoms with van der Waals surface area (Å²) in [4.78, 5) is 11.2. The molecular weight excluding hydrogens is 228 g/mol. The van der Waals surface area contributed by atoms with Gasteiger partial charge in [-0.25, -0.2) is 4.79 Å². The zero-order valence-electron chi connectivity index (χ0n) is 11.4. The number of hydrogen-bond donors (Lipinski definition) is 1. The molecule has 18 heavy (non-hydrogen) atoms. The van der Waals surface area contributed by atoms with Crippen LogP contribution < -0.4 is 0 Å². The van der Waals surface area contributed by atoms with Gasteiger partial charge in [0.1, 0.15) is 6.61 Å². The number of carbonyl (C=O) groups is 1. The Bertz CT molecular complexity index is 385. The molecule has 0 aromatic heterocycles. The van der Waals surface area contributed by atoms with Gasteiger partial charge in [-0.2, -0.15) is 0 Å². The average Bonchev–Trinajstić information content (AvgIpc) is 2.63. The summed E-state index contributed by atoms with van der Waals surface area (Å²) in [7, 11) is 0. The molecule has 1 heterocycles. The van der Waals surface area contributed by atoms with E-state index in [1.807, 2.05) is 13.0 Å². The lowest BCUT2D eigenvalue weighted by molar-refractivity contribution is -0.136. The highest BCUT2D eigenvalue weighted by Crippen LogP contribution is 2.16. The predicted molar refractivity (Wildman–Crippen MR) is 72.1 cm³/mol. The normalized spacial score (nSPS) is 17.2. The van der Waals surface area contributed by atoms with E-state index >= 15 is 0 Å². The highest BCUT2D eigenvalue weighted by Gasteiger charge is 2.18. The van der Waals surface area contributed by atoms with Crippen molar-refractivity contribution in [3.63, 3.8) is 0 Å². The maximum absolute atomic E-state index is 11.2. The van der Waals surface area contributed by atoms with Gasteiger partial charge in [0, 0.05) is 12.0 Å². The third-order valence-corrected chi connectivity index (χ3v) is 2.80. The number of allylic oxidation sites excluding steroid dienone is 3. The Hall–Kier alpha value is -1.35. The van der Waals surface area contributed by atoms with E-state index in [1.54, 1.807) is 6.08 Å². The summed E-state index contributed by atoms with van der Waals surface area (Å²) in [5.41, 5.74) is 3.03. The molecule has 3 nitrogen and oxygen atoms in total. The van der Waals surface area contributed by atoms with Crippen molar-refractivity contribution in [2.45, 2.75) is 46.1 Å². The van der Waals surface area contributed by atoms with Crippen LogP contribution in [0.15, 0.2) is 34.9 Å². The summed E-state index contributed by atoms with van der Waals surface area (Å²) >= 11 is 0. The second-order valence-corrected chi connectivity index (χ2v) is 4.93. The zero-order chi connectivity index (χ0) is 13.5. The van der Waals surface area contributed by atoms with Crippen molar-refractivity contribution < 1.29 is 14.6 Å². The first kappa shape index (κ1) is 14.7. The lowest BCUT2D eigenvalue weighted by Crippen LogP contribution is -2.09. The van der Waals surface area contributed by atoms with E-state index < -0.39 is 6.10 Å². The molecule has 0 aromatic rings. The van der Waals surface area contributed by atoms with Crippen LogP contribution in [0.2, 0.25) is 0 Å². The first-order valence-electron chi connectivity index (χ1n) is 6.34. The molecule has 0 aromatic carbocycles. The van der Waals surface area contributed by atoms with Crippen molar-refractivity contribution in [1.29, 1.82) is 0 Å². The van der Waals surface area contributed by atoms with Gasteiger partial charge in [-0.1, -0.05) is 23.3 Å². The third-order valence-electron chi connectivity index (χ3n) is 2.80. The van der Waals surface area contributed by atoms with Crippen molar-refractivity contribution in [3.8, 4) is 0 Å². The molecule has 3 heteroatoms. The van der Waals surface area contributed by atoms with Crippen LogP contribution in [0.1, 0.15) is 40.0 Å². The van der Waals surface area contributed by atoms with Crippen molar-refractivity contribution in [3.05, 3.63) is 34.9 Å². The Kier molecular flexibility index (Phi) is 5.86. The number of aliphatic hydroxyl groups excluding tert-OH is 1. The topological polar surface area (TPSA) is 46.5 Å². The van der Waals surface area contributed by atoms with Crippen LogP contribution in [0.25, 0.3) is 0 Å². The standard InChI is InChI=1S/C15H22O3/c1-11(2)5-4-6-12(3)9-14(16)10-13-7-8-18-15(13)17/h5,7,9,14,16H,4,6,8,10H2,1-3H3/b12-9+. The quantitative estimate of drug-likeness (QED) is 0.582. The Morgan fingerprint density at radius 1 is 1.50 bits per heavy atom. The number of hydrogen-bond acceptors (Lipinski definition) is 3. The van der Waals surface area contributed by atoms with Gasteiger partial charge in [-0.15, -0.1) is 0 Å². The number of cyclic esters (lactones) is 1. The predicted octanol–water partition coefficient (Wildman–Crippen LogP) is 2.91. The molecule has 100 valence electrons. The van der Waals surface area contributed by atoms with Crippen LogP contribution in [0.3, 0.4) is 0 Å². The van der Waals surface area contributed by atoms with Crippen LogP contribution in [0, 0.1) is 0 Å². The highest BCUT2D eigenvalue weighted by atomic mass is 16.5. The van der Waals surface area contributed by atoms with Gasteiger partial charge >= 0.3 is 5.97 Å². The second-order valence-electron chi connectivity index (χ2n) is 4.93. The summed E-state index contributed by atoms with van der Waals surface area (Å²) in [6.07, 6.45) is 7.41. The van der Waals surface area contributed by atoms with Crippen LogP contribution in [-0.2, 0) is 9.53 Å². The highest BCUT2D eigenvalue weighted by molar-refractivity contribution is 5.90. The van der Waals surface area contributed by atoms with Gasteiger partial charge in [0.05, 0.1) is 6.10 Å². The van der Waals surface area contributed by atoms with Crippen LogP contribution >= 0.6 is 0 Å². The SMILES string of the molecule is CC(C)=CCC/C(C)=C/C(O)CC1=CCOC1=O. The molecule has 1 rings (SSSR count). The number of carbonyl (C=O) groups excluding carboxylic acids is 1. The van der Waals surface area contributed by atoms with E-state index in [0.29, 0.717) is 18.6 Å².